The number of anilines is 1. The number of hydrogen-bond acceptors (Lipinski definition) is 5. The first-order chi connectivity index (χ1) is 14.6. The van der Waals surface area contributed by atoms with Crippen LogP contribution < -0.4 is 10.6 Å². The summed E-state index contributed by atoms with van der Waals surface area (Å²) in [6.07, 6.45) is 6.37. The van der Waals surface area contributed by atoms with Crippen LogP contribution in [-0.2, 0) is 20.1 Å². The molecule has 0 bridgehead atoms. The van der Waals surface area contributed by atoms with Gasteiger partial charge in [-0.25, -0.2) is 9.97 Å². The normalized spacial score (nSPS) is 16.6. The number of hydrogen-bond donors (Lipinski definition) is 1. The molecule has 4 heterocycles. The van der Waals surface area contributed by atoms with Gasteiger partial charge in [0.05, 0.1) is 23.3 Å². The first-order valence-electron chi connectivity index (χ1n) is 10.5. The van der Waals surface area contributed by atoms with E-state index in [1.807, 2.05) is 30.2 Å². The van der Waals surface area contributed by atoms with Crippen molar-refractivity contribution in [1.29, 1.82) is 0 Å². The molecular formula is C23H27N7. The van der Waals surface area contributed by atoms with Gasteiger partial charge >= 0.3 is 0 Å². The molecular weight excluding hydrogens is 374 g/mol. The van der Waals surface area contributed by atoms with E-state index >= 15 is 0 Å². The number of nitrogens with zero attached hydrogens (tertiary/aromatic N) is 6. The van der Waals surface area contributed by atoms with E-state index in [0.717, 1.165) is 46.0 Å². The Balaban J connectivity index is 1.57. The molecule has 1 fully saturated rings. The van der Waals surface area contributed by atoms with Gasteiger partial charge in [-0.15, -0.1) is 0 Å². The third-order valence-corrected chi connectivity index (χ3v) is 5.99. The van der Waals surface area contributed by atoms with Crippen molar-refractivity contribution >= 4 is 16.9 Å². The van der Waals surface area contributed by atoms with Gasteiger partial charge in [0.2, 0.25) is 0 Å². The van der Waals surface area contributed by atoms with Crippen LogP contribution in [0.4, 0.5) is 5.82 Å². The molecule has 0 radical (unpaired) electrons. The molecule has 3 aromatic heterocycles. The zero-order valence-electron chi connectivity index (χ0n) is 17.5. The SMILES string of the molecule is C[C@H]1CCCN1c1ccc(-c2nc3cc(CN)ccc3n2Cc2ccn(C)n2)cn1. The van der Waals surface area contributed by atoms with Crippen LogP contribution in [0.2, 0.25) is 0 Å². The average molecular weight is 402 g/mol. The van der Waals surface area contributed by atoms with Crippen LogP contribution in [0.25, 0.3) is 22.4 Å². The maximum absolute atomic E-state index is 5.85. The van der Waals surface area contributed by atoms with Crippen LogP contribution >= 0.6 is 0 Å². The first kappa shape index (κ1) is 18.8. The van der Waals surface area contributed by atoms with Crippen molar-refractivity contribution in [3.63, 3.8) is 0 Å². The molecule has 7 nitrogen and oxygen atoms in total. The van der Waals surface area contributed by atoms with Crippen LogP contribution in [-0.4, -0.2) is 36.9 Å². The van der Waals surface area contributed by atoms with Gasteiger partial charge in [0, 0.05) is 44.1 Å². The number of pyridine rings is 1. The summed E-state index contributed by atoms with van der Waals surface area (Å²) in [5.74, 6) is 1.94. The largest absolute Gasteiger partial charge is 0.354 e. The van der Waals surface area contributed by atoms with Gasteiger partial charge in [-0.05, 0) is 55.7 Å². The first-order valence-corrected chi connectivity index (χ1v) is 10.5. The Morgan fingerprint density at radius 1 is 1.17 bits per heavy atom. The van der Waals surface area contributed by atoms with Crippen molar-refractivity contribution in [2.75, 3.05) is 11.4 Å². The van der Waals surface area contributed by atoms with E-state index in [2.05, 4.69) is 51.8 Å². The van der Waals surface area contributed by atoms with Gasteiger partial charge in [0.1, 0.15) is 11.6 Å². The Morgan fingerprint density at radius 3 is 2.73 bits per heavy atom. The molecule has 1 aromatic carbocycles. The number of imidazole rings is 1. The highest BCUT2D eigenvalue weighted by Gasteiger charge is 2.22. The lowest BCUT2D eigenvalue weighted by molar-refractivity contribution is 0.716. The minimum absolute atomic E-state index is 0.503. The van der Waals surface area contributed by atoms with Crippen LogP contribution in [0.5, 0.6) is 0 Å². The summed E-state index contributed by atoms with van der Waals surface area (Å²) in [4.78, 5) is 12.1. The Kier molecular flexibility index (Phi) is 4.75. The zero-order valence-corrected chi connectivity index (χ0v) is 17.5. The quantitative estimate of drug-likeness (QED) is 0.555. The Bertz CT molecular complexity index is 1170. The van der Waals surface area contributed by atoms with E-state index in [1.54, 1.807) is 0 Å². The molecule has 0 saturated carbocycles. The second kappa shape index (κ2) is 7.57. The topological polar surface area (TPSA) is 77.8 Å². The smallest absolute Gasteiger partial charge is 0.143 e. The minimum Gasteiger partial charge on any atom is -0.354 e. The highest BCUT2D eigenvalue weighted by molar-refractivity contribution is 5.81. The second-order valence-electron chi connectivity index (χ2n) is 8.12. The summed E-state index contributed by atoms with van der Waals surface area (Å²) < 4.78 is 4.04. The van der Waals surface area contributed by atoms with Gasteiger partial charge < -0.3 is 15.2 Å². The Morgan fingerprint density at radius 2 is 2.07 bits per heavy atom. The molecule has 0 amide bonds. The van der Waals surface area contributed by atoms with Gasteiger partial charge in [0.15, 0.2) is 0 Å². The van der Waals surface area contributed by atoms with E-state index in [-0.39, 0.29) is 0 Å². The van der Waals surface area contributed by atoms with Gasteiger partial charge in [-0.2, -0.15) is 5.10 Å². The molecule has 2 N–H and O–H groups in total. The lowest BCUT2D eigenvalue weighted by Gasteiger charge is -2.22. The number of rotatable bonds is 5. The molecule has 0 unspecified atom stereocenters. The molecule has 0 spiro atoms. The van der Waals surface area contributed by atoms with Crippen molar-refractivity contribution < 1.29 is 0 Å². The lowest BCUT2D eigenvalue weighted by Crippen LogP contribution is -2.26. The summed E-state index contributed by atoms with van der Waals surface area (Å²) in [5, 5.41) is 4.56. The average Bonchev–Trinajstić information content (AvgIpc) is 3.47. The van der Waals surface area contributed by atoms with Crippen LogP contribution in [0.15, 0.2) is 48.8 Å². The Labute approximate surface area is 176 Å². The Hall–Kier alpha value is -3.19. The number of fused-ring (bicyclic) bond motifs is 1. The number of aromatic nitrogens is 5. The van der Waals surface area contributed by atoms with Crippen molar-refractivity contribution in [2.45, 2.75) is 38.9 Å². The fourth-order valence-corrected chi connectivity index (χ4v) is 4.35. The zero-order chi connectivity index (χ0) is 20.7. The van der Waals surface area contributed by atoms with E-state index in [9.17, 15) is 0 Å². The summed E-state index contributed by atoms with van der Waals surface area (Å²) in [6.45, 7) is 4.50. The second-order valence-corrected chi connectivity index (χ2v) is 8.12. The maximum Gasteiger partial charge on any atom is 0.143 e. The molecule has 1 saturated heterocycles. The van der Waals surface area contributed by atoms with Crippen LogP contribution in [0, 0.1) is 0 Å². The summed E-state index contributed by atoms with van der Waals surface area (Å²) in [6, 6.07) is 13.1. The highest BCUT2D eigenvalue weighted by atomic mass is 15.3. The predicted molar refractivity (Wildman–Crippen MR) is 119 cm³/mol. The molecule has 1 aliphatic rings. The number of nitrogens with two attached hydrogens (primary N) is 1. The van der Waals surface area contributed by atoms with Crippen molar-refractivity contribution in [3.8, 4) is 11.4 Å². The highest BCUT2D eigenvalue weighted by Crippen LogP contribution is 2.29. The fourth-order valence-electron chi connectivity index (χ4n) is 4.35. The van der Waals surface area contributed by atoms with Crippen molar-refractivity contribution in [1.82, 2.24) is 24.3 Å². The van der Waals surface area contributed by atoms with Gasteiger partial charge in [-0.1, -0.05) is 6.07 Å². The molecule has 7 heteroatoms. The molecule has 154 valence electrons. The van der Waals surface area contributed by atoms with Gasteiger partial charge in [-0.3, -0.25) is 4.68 Å². The molecule has 30 heavy (non-hydrogen) atoms. The van der Waals surface area contributed by atoms with E-state index in [4.69, 9.17) is 15.7 Å². The minimum atomic E-state index is 0.503. The molecule has 1 atom stereocenters. The van der Waals surface area contributed by atoms with Crippen LogP contribution in [0.1, 0.15) is 31.0 Å². The van der Waals surface area contributed by atoms with Gasteiger partial charge in [0.25, 0.3) is 0 Å². The monoisotopic (exact) mass is 401 g/mol. The van der Waals surface area contributed by atoms with Crippen molar-refractivity contribution in [2.24, 2.45) is 12.8 Å². The van der Waals surface area contributed by atoms with Crippen molar-refractivity contribution in [3.05, 3.63) is 60.0 Å². The third-order valence-electron chi connectivity index (χ3n) is 5.99. The molecule has 1 aliphatic heterocycles. The van der Waals surface area contributed by atoms with E-state index in [1.165, 1.54) is 12.8 Å². The maximum atomic E-state index is 5.85. The van der Waals surface area contributed by atoms with E-state index in [0.29, 0.717) is 19.1 Å². The molecule has 5 rings (SSSR count). The summed E-state index contributed by atoms with van der Waals surface area (Å²) >= 11 is 0. The predicted octanol–water partition coefficient (Wildman–Crippen LogP) is 3.33. The number of aryl methyl sites for hydroxylation is 1. The van der Waals surface area contributed by atoms with Crippen LogP contribution in [0.3, 0.4) is 0 Å². The molecule has 4 aromatic rings. The lowest BCUT2D eigenvalue weighted by atomic mass is 10.2. The molecule has 0 aliphatic carbocycles. The fraction of sp³-hybridized carbons (Fsp3) is 0.348. The third kappa shape index (κ3) is 3.35. The van der Waals surface area contributed by atoms with E-state index < -0.39 is 0 Å². The summed E-state index contributed by atoms with van der Waals surface area (Å²) in [7, 11) is 1.94. The number of benzene rings is 1. The summed E-state index contributed by atoms with van der Waals surface area (Å²) in [5.41, 5.74) is 10.9. The standard InChI is InChI=1S/C23H27N7/c1-16-4-3-10-29(16)22-8-6-18(14-25-22)23-26-20-12-17(13-24)5-7-21(20)30(23)15-19-9-11-28(2)27-19/h5-9,11-12,14,16H,3-4,10,13,15,24H2,1-2H3/t16-/m0/s1.